The van der Waals surface area contributed by atoms with Crippen LogP contribution in [0.4, 0.5) is 0 Å². The Hall–Kier alpha value is -0.570. The third kappa shape index (κ3) is 4.97. The lowest BCUT2D eigenvalue weighted by Gasteiger charge is -2.16. The number of amides is 1. The van der Waals surface area contributed by atoms with E-state index >= 15 is 0 Å². The summed E-state index contributed by atoms with van der Waals surface area (Å²) in [6, 6.07) is 0. The van der Waals surface area contributed by atoms with Crippen LogP contribution in [-0.4, -0.2) is 25.5 Å². The first-order valence-electron chi connectivity index (χ1n) is 7.64. The van der Waals surface area contributed by atoms with Crippen LogP contribution in [0.5, 0.6) is 0 Å². The Bertz CT molecular complexity index is 258. The molecule has 3 nitrogen and oxygen atoms in total. The van der Waals surface area contributed by atoms with Crippen molar-refractivity contribution >= 4 is 5.91 Å². The highest BCUT2D eigenvalue weighted by atomic mass is 16.1. The highest BCUT2D eigenvalue weighted by molar-refractivity contribution is 5.77. The van der Waals surface area contributed by atoms with Crippen molar-refractivity contribution < 1.29 is 4.79 Å². The van der Waals surface area contributed by atoms with E-state index < -0.39 is 0 Å². The monoisotopic (exact) mass is 252 g/mol. The van der Waals surface area contributed by atoms with E-state index in [9.17, 15) is 4.79 Å². The molecule has 0 aromatic rings. The van der Waals surface area contributed by atoms with Gasteiger partial charge in [0.15, 0.2) is 0 Å². The average molecular weight is 252 g/mol. The minimum atomic E-state index is 0.154. The lowest BCUT2D eigenvalue weighted by Crippen LogP contribution is -2.37. The molecule has 0 atom stereocenters. The number of rotatable bonds is 9. The number of nitrogens with one attached hydrogen (secondary N) is 2. The minimum absolute atomic E-state index is 0.154. The summed E-state index contributed by atoms with van der Waals surface area (Å²) in [6.45, 7) is 6.72. The van der Waals surface area contributed by atoms with Crippen LogP contribution in [0.3, 0.4) is 0 Å². The second-order valence-corrected chi connectivity index (χ2v) is 6.50. The van der Waals surface area contributed by atoms with Gasteiger partial charge in [0.1, 0.15) is 0 Å². The van der Waals surface area contributed by atoms with E-state index in [1.807, 2.05) is 0 Å². The Kier molecular flexibility index (Phi) is 5.04. The SMILES string of the molecule is CC(C)CCNC(=O)CNCC(C1CC1)C1CC1. The third-order valence-corrected chi connectivity index (χ3v) is 4.16. The standard InChI is InChI=1S/C15H28N2O/c1-11(2)7-8-17-15(18)10-16-9-14(12-3-4-12)13-5-6-13/h11-14,16H,3-10H2,1-2H3,(H,17,18). The summed E-state index contributed by atoms with van der Waals surface area (Å²) in [7, 11) is 0. The van der Waals surface area contributed by atoms with Crippen molar-refractivity contribution in [3.05, 3.63) is 0 Å². The molecule has 1 amide bonds. The molecule has 0 heterocycles. The Balaban J connectivity index is 1.52. The predicted octanol–water partition coefficient (Wildman–Crippen LogP) is 2.17. The van der Waals surface area contributed by atoms with E-state index in [0.29, 0.717) is 12.5 Å². The van der Waals surface area contributed by atoms with Gasteiger partial charge in [-0.05, 0) is 62.3 Å². The molecule has 104 valence electrons. The summed E-state index contributed by atoms with van der Waals surface area (Å²) >= 11 is 0. The zero-order valence-corrected chi connectivity index (χ0v) is 11.9. The van der Waals surface area contributed by atoms with Crippen LogP contribution in [0.15, 0.2) is 0 Å². The number of hydrogen-bond acceptors (Lipinski definition) is 2. The molecule has 0 spiro atoms. The summed E-state index contributed by atoms with van der Waals surface area (Å²) in [5.74, 6) is 3.60. The maximum absolute atomic E-state index is 11.6. The molecule has 2 aliphatic carbocycles. The predicted molar refractivity (Wildman–Crippen MR) is 74.3 cm³/mol. The van der Waals surface area contributed by atoms with Gasteiger partial charge in [0, 0.05) is 6.54 Å². The summed E-state index contributed by atoms with van der Waals surface area (Å²) in [5.41, 5.74) is 0. The molecule has 3 heteroatoms. The van der Waals surface area contributed by atoms with Gasteiger partial charge in [-0.25, -0.2) is 0 Å². The molecule has 2 fully saturated rings. The van der Waals surface area contributed by atoms with Crippen LogP contribution < -0.4 is 10.6 Å². The van der Waals surface area contributed by atoms with Gasteiger partial charge in [-0.2, -0.15) is 0 Å². The Morgan fingerprint density at radius 3 is 2.28 bits per heavy atom. The lowest BCUT2D eigenvalue weighted by atomic mass is 9.98. The van der Waals surface area contributed by atoms with Crippen LogP contribution in [0, 0.1) is 23.7 Å². The lowest BCUT2D eigenvalue weighted by molar-refractivity contribution is -0.120. The molecule has 0 aliphatic heterocycles. The second-order valence-electron chi connectivity index (χ2n) is 6.50. The fourth-order valence-electron chi connectivity index (χ4n) is 2.68. The molecule has 2 aliphatic rings. The molecular weight excluding hydrogens is 224 g/mol. The van der Waals surface area contributed by atoms with Crippen LogP contribution in [0.2, 0.25) is 0 Å². The molecule has 2 saturated carbocycles. The Labute approximate surface area is 111 Å². The van der Waals surface area contributed by atoms with Gasteiger partial charge in [0.25, 0.3) is 0 Å². The molecule has 18 heavy (non-hydrogen) atoms. The quantitative estimate of drug-likeness (QED) is 0.660. The highest BCUT2D eigenvalue weighted by Gasteiger charge is 2.40. The number of carbonyl (C=O) groups excluding carboxylic acids is 1. The van der Waals surface area contributed by atoms with Crippen molar-refractivity contribution in [3.63, 3.8) is 0 Å². The average Bonchev–Trinajstić information content (AvgIpc) is 3.14. The maximum Gasteiger partial charge on any atom is 0.233 e. The summed E-state index contributed by atoms with van der Waals surface area (Å²) in [5, 5.41) is 6.33. The Morgan fingerprint density at radius 2 is 1.78 bits per heavy atom. The second kappa shape index (κ2) is 6.55. The zero-order chi connectivity index (χ0) is 13.0. The fraction of sp³-hybridized carbons (Fsp3) is 0.933. The molecule has 0 aromatic heterocycles. The first-order valence-corrected chi connectivity index (χ1v) is 7.64. The molecule has 0 bridgehead atoms. The molecule has 0 radical (unpaired) electrons. The van der Waals surface area contributed by atoms with Gasteiger partial charge >= 0.3 is 0 Å². The zero-order valence-electron chi connectivity index (χ0n) is 11.9. The van der Waals surface area contributed by atoms with Crippen molar-refractivity contribution in [1.29, 1.82) is 0 Å². The van der Waals surface area contributed by atoms with Crippen LogP contribution in [0.1, 0.15) is 46.0 Å². The van der Waals surface area contributed by atoms with E-state index in [0.717, 1.165) is 37.3 Å². The first-order chi connectivity index (χ1) is 8.66. The number of carbonyl (C=O) groups is 1. The molecular formula is C15H28N2O. The summed E-state index contributed by atoms with van der Waals surface area (Å²) in [4.78, 5) is 11.6. The van der Waals surface area contributed by atoms with Gasteiger partial charge in [0.2, 0.25) is 5.91 Å². The van der Waals surface area contributed by atoms with Crippen LogP contribution in [-0.2, 0) is 4.79 Å². The van der Waals surface area contributed by atoms with E-state index in [1.54, 1.807) is 0 Å². The summed E-state index contributed by atoms with van der Waals surface area (Å²) in [6.07, 6.45) is 6.75. The molecule has 0 saturated heterocycles. The van der Waals surface area contributed by atoms with Gasteiger partial charge in [0.05, 0.1) is 6.54 Å². The first kappa shape index (κ1) is 13.9. The molecule has 0 aromatic carbocycles. The topological polar surface area (TPSA) is 41.1 Å². The van der Waals surface area contributed by atoms with E-state index in [1.165, 1.54) is 25.7 Å². The normalized spacial score (nSPS) is 19.6. The molecule has 0 unspecified atom stereocenters. The van der Waals surface area contributed by atoms with Gasteiger partial charge in [-0.1, -0.05) is 13.8 Å². The largest absolute Gasteiger partial charge is 0.355 e. The van der Waals surface area contributed by atoms with E-state index in [2.05, 4.69) is 24.5 Å². The van der Waals surface area contributed by atoms with Gasteiger partial charge in [-0.15, -0.1) is 0 Å². The van der Waals surface area contributed by atoms with Crippen LogP contribution in [0.25, 0.3) is 0 Å². The van der Waals surface area contributed by atoms with Crippen molar-refractivity contribution in [2.75, 3.05) is 19.6 Å². The van der Waals surface area contributed by atoms with Crippen molar-refractivity contribution in [1.82, 2.24) is 10.6 Å². The molecule has 2 N–H and O–H groups in total. The van der Waals surface area contributed by atoms with Gasteiger partial charge in [-0.3, -0.25) is 4.79 Å². The van der Waals surface area contributed by atoms with Crippen molar-refractivity contribution in [2.24, 2.45) is 23.7 Å². The Morgan fingerprint density at radius 1 is 1.17 bits per heavy atom. The third-order valence-electron chi connectivity index (χ3n) is 4.16. The smallest absolute Gasteiger partial charge is 0.233 e. The molecule has 2 rings (SSSR count). The fourth-order valence-corrected chi connectivity index (χ4v) is 2.68. The minimum Gasteiger partial charge on any atom is -0.355 e. The van der Waals surface area contributed by atoms with Crippen LogP contribution >= 0.6 is 0 Å². The van der Waals surface area contributed by atoms with E-state index in [-0.39, 0.29) is 5.91 Å². The van der Waals surface area contributed by atoms with Crippen molar-refractivity contribution in [2.45, 2.75) is 46.0 Å². The highest BCUT2D eigenvalue weighted by Crippen LogP contribution is 2.48. The number of hydrogen-bond donors (Lipinski definition) is 2. The van der Waals surface area contributed by atoms with E-state index in [4.69, 9.17) is 0 Å². The van der Waals surface area contributed by atoms with Gasteiger partial charge < -0.3 is 10.6 Å². The van der Waals surface area contributed by atoms with Crippen molar-refractivity contribution in [3.8, 4) is 0 Å². The maximum atomic E-state index is 11.6. The summed E-state index contributed by atoms with van der Waals surface area (Å²) < 4.78 is 0.